The number of carbonyl (C=O) groups excluding carboxylic acids is 3. The topological polar surface area (TPSA) is 93.7 Å². The van der Waals surface area contributed by atoms with E-state index < -0.39 is 35.7 Å². The molecule has 2 N–H and O–H groups in total. The summed E-state index contributed by atoms with van der Waals surface area (Å²) in [6.45, 7) is 10.5. The number of hydrogen-bond acceptors (Lipinski definition) is 5. The minimum Gasteiger partial charge on any atom is -0.459 e. The van der Waals surface area contributed by atoms with Crippen LogP contribution in [-0.2, 0) is 25.7 Å². The monoisotopic (exact) mass is 378 g/mol. The molecule has 27 heavy (non-hydrogen) atoms. The molecule has 150 valence electrons. The van der Waals surface area contributed by atoms with Gasteiger partial charge in [0.1, 0.15) is 24.3 Å². The van der Waals surface area contributed by atoms with Crippen molar-refractivity contribution < 1.29 is 23.9 Å². The van der Waals surface area contributed by atoms with Gasteiger partial charge in [0, 0.05) is 0 Å². The lowest BCUT2D eigenvalue weighted by molar-refractivity contribution is -0.148. The van der Waals surface area contributed by atoms with Crippen molar-refractivity contribution in [1.82, 2.24) is 10.6 Å². The number of amides is 2. The quantitative estimate of drug-likeness (QED) is 0.712. The fourth-order valence-corrected chi connectivity index (χ4v) is 2.19. The van der Waals surface area contributed by atoms with E-state index in [1.165, 1.54) is 6.92 Å². The number of benzene rings is 1. The molecule has 1 rings (SSSR count). The van der Waals surface area contributed by atoms with Gasteiger partial charge >= 0.3 is 12.1 Å². The standard InChI is InChI=1S/C20H30N2O5/c1-13(2)16(22-19(25)27-20(4,5)6)17(23)21-14(3)18(24)26-12-15-10-8-7-9-11-15/h7-11,13-14,16H,12H2,1-6H3,(H,21,23)(H,22,25)/t14-,16-/m0/s1. The molecule has 0 radical (unpaired) electrons. The first-order valence-corrected chi connectivity index (χ1v) is 9.00. The van der Waals surface area contributed by atoms with E-state index in [2.05, 4.69) is 10.6 Å². The van der Waals surface area contributed by atoms with Gasteiger partial charge in [0.2, 0.25) is 5.91 Å². The van der Waals surface area contributed by atoms with E-state index in [-0.39, 0.29) is 12.5 Å². The number of nitrogens with one attached hydrogen (secondary N) is 2. The third kappa shape index (κ3) is 8.57. The molecule has 0 unspecified atom stereocenters. The molecule has 0 aliphatic heterocycles. The average molecular weight is 378 g/mol. The molecule has 0 bridgehead atoms. The van der Waals surface area contributed by atoms with Crippen LogP contribution < -0.4 is 10.6 Å². The van der Waals surface area contributed by atoms with Crippen molar-refractivity contribution in [1.29, 1.82) is 0 Å². The van der Waals surface area contributed by atoms with Crippen molar-refractivity contribution in [3.8, 4) is 0 Å². The molecule has 1 aromatic carbocycles. The number of alkyl carbamates (subject to hydrolysis) is 1. The van der Waals surface area contributed by atoms with Gasteiger partial charge in [-0.2, -0.15) is 0 Å². The third-order valence-electron chi connectivity index (χ3n) is 3.56. The van der Waals surface area contributed by atoms with Gasteiger partial charge in [0.05, 0.1) is 0 Å². The van der Waals surface area contributed by atoms with Gasteiger partial charge in [0.15, 0.2) is 0 Å². The summed E-state index contributed by atoms with van der Waals surface area (Å²) in [6, 6.07) is 7.59. The Hall–Kier alpha value is -2.57. The molecular weight excluding hydrogens is 348 g/mol. The van der Waals surface area contributed by atoms with Crippen molar-refractivity contribution in [2.24, 2.45) is 5.92 Å². The summed E-state index contributed by atoms with van der Waals surface area (Å²) >= 11 is 0. The molecule has 0 fully saturated rings. The van der Waals surface area contributed by atoms with Crippen LogP contribution in [0.25, 0.3) is 0 Å². The molecule has 0 saturated carbocycles. The molecule has 0 aliphatic rings. The summed E-state index contributed by atoms with van der Waals surface area (Å²) in [5.41, 5.74) is 0.187. The molecule has 2 amide bonds. The maximum absolute atomic E-state index is 12.5. The first-order valence-electron chi connectivity index (χ1n) is 9.00. The van der Waals surface area contributed by atoms with Gasteiger partial charge in [-0.3, -0.25) is 4.79 Å². The molecule has 2 atom stereocenters. The Morgan fingerprint density at radius 2 is 1.59 bits per heavy atom. The minimum atomic E-state index is -0.845. The van der Waals surface area contributed by atoms with E-state index in [0.717, 1.165) is 5.56 Å². The number of rotatable bonds is 7. The Bertz CT molecular complexity index is 638. The van der Waals surface area contributed by atoms with Crippen LogP contribution in [0.4, 0.5) is 4.79 Å². The normalized spacial score (nSPS) is 13.4. The molecule has 0 saturated heterocycles. The Morgan fingerprint density at radius 3 is 2.11 bits per heavy atom. The largest absolute Gasteiger partial charge is 0.459 e. The highest BCUT2D eigenvalue weighted by molar-refractivity contribution is 5.89. The number of esters is 1. The molecule has 0 aromatic heterocycles. The number of ether oxygens (including phenoxy) is 2. The smallest absolute Gasteiger partial charge is 0.408 e. The fourth-order valence-electron chi connectivity index (χ4n) is 2.19. The molecule has 0 heterocycles. The summed E-state index contributed by atoms with van der Waals surface area (Å²) in [5.74, 6) is -1.21. The van der Waals surface area contributed by atoms with Crippen LogP contribution in [0.2, 0.25) is 0 Å². The Balaban J connectivity index is 2.58. The maximum Gasteiger partial charge on any atom is 0.408 e. The van der Waals surface area contributed by atoms with Gasteiger partial charge < -0.3 is 20.1 Å². The lowest BCUT2D eigenvalue weighted by atomic mass is 10.0. The van der Waals surface area contributed by atoms with Crippen LogP contribution in [0.15, 0.2) is 30.3 Å². The second kappa shape index (κ2) is 9.94. The minimum absolute atomic E-state index is 0.129. The molecule has 7 nitrogen and oxygen atoms in total. The van der Waals surface area contributed by atoms with E-state index >= 15 is 0 Å². The van der Waals surface area contributed by atoms with Crippen LogP contribution in [0.1, 0.15) is 47.1 Å². The molecule has 0 spiro atoms. The van der Waals surface area contributed by atoms with Crippen LogP contribution in [0.3, 0.4) is 0 Å². The van der Waals surface area contributed by atoms with Crippen molar-refractivity contribution in [3.05, 3.63) is 35.9 Å². The van der Waals surface area contributed by atoms with Gasteiger partial charge in [-0.15, -0.1) is 0 Å². The van der Waals surface area contributed by atoms with E-state index in [4.69, 9.17) is 9.47 Å². The number of hydrogen-bond donors (Lipinski definition) is 2. The second-order valence-corrected chi connectivity index (χ2v) is 7.69. The summed E-state index contributed by atoms with van der Waals surface area (Å²) in [7, 11) is 0. The molecule has 1 aromatic rings. The summed E-state index contributed by atoms with van der Waals surface area (Å²) in [5, 5.41) is 5.13. The first kappa shape index (κ1) is 22.5. The Kier molecular flexibility index (Phi) is 8.28. The molecule has 7 heteroatoms. The fraction of sp³-hybridized carbons (Fsp3) is 0.550. The van der Waals surface area contributed by atoms with Gasteiger partial charge in [-0.1, -0.05) is 44.2 Å². The predicted octanol–water partition coefficient (Wildman–Crippen LogP) is 2.78. The summed E-state index contributed by atoms with van der Waals surface area (Å²) < 4.78 is 10.4. The highest BCUT2D eigenvalue weighted by Gasteiger charge is 2.29. The van der Waals surface area contributed by atoms with E-state index in [1.54, 1.807) is 34.6 Å². The number of carbonyl (C=O) groups is 3. The average Bonchev–Trinajstić information content (AvgIpc) is 2.56. The van der Waals surface area contributed by atoms with Crippen molar-refractivity contribution >= 4 is 18.0 Å². The van der Waals surface area contributed by atoms with Crippen LogP contribution >= 0.6 is 0 Å². The zero-order valence-electron chi connectivity index (χ0n) is 16.9. The second-order valence-electron chi connectivity index (χ2n) is 7.69. The van der Waals surface area contributed by atoms with Crippen molar-refractivity contribution in [2.75, 3.05) is 0 Å². The van der Waals surface area contributed by atoms with Crippen molar-refractivity contribution in [2.45, 2.75) is 65.8 Å². The van der Waals surface area contributed by atoms with E-state index in [9.17, 15) is 14.4 Å². The molecule has 0 aliphatic carbocycles. The van der Waals surface area contributed by atoms with Gasteiger partial charge in [0.25, 0.3) is 0 Å². The highest BCUT2D eigenvalue weighted by Crippen LogP contribution is 2.09. The third-order valence-corrected chi connectivity index (χ3v) is 3.56. The lowest BCUT2D eigenvalue weighted by Gasteiger charge is -2.26. The highest BCUT2D eigenvalue weighted by atomic mass is 16.6. The Labute approximate surface area is 160 Å². The zero-order valence-corrected chi connectivity index (χ0v) is 16.9. The SMILES string of the molecule is CC(C)[C@H](NC(=O)OC(C)(C)C)C(=O)N[C@@H](C)C(=O)OCc1ccccc1. The zero-order chi connectivity index (χ0) is 20.6. The van der Waals surface area contributed by atoms with E-state index in [1.807, 2.05) is 30.3 Å². The first-order chi connectivity index (χ1) is 12.5. The van der Waals surface area contributed by atoms with Crippen LogP contribution in [-0.4, -0.2) is 35.7 Å². The Morgan fingerprint density at radius 1 is 1.00 bits per heavy atom. The molecular formula is C20H30N2O5. The van der Waals surface area contributed by atoms with Gasteiger partial charge in [-0.25, -0.2) is 9.59 Å². The summed E-state index contributed by atoms with van der Waals surface area (Å²) in [6.07, 6.45) is -0.685. The van der Waals surface area contributed by atoms with Crippen LogP contribution in [0, 0.1) is 5.92 Å². The van der Waals surface area contributed by atoms with Crippen molar-refractivity contribution in [3.63, 3.8) is 0 Å². The lowest BCUT2D eigenvalue weighted by Crippen LogP contribution is -2.53. The maximum atomic E-state index is 12.5. The summed E-state index contributed by atoms with van der Waals surface area (Å²) in [4.78, 5) is 36.5. The van der Waals surface area contributed by atoms with Crippen LogP contribution in [0.5, 0.6) is 0 Å². The van der Waals surface area contributed by atoms with E-state index in [0.29, 0.717) is 0 Å². The van der Waals surface area contributed by atoms with Gasteiger partial charge in [-0.05, 0) is 39.2 Å². The predicted molar refractivity (Wildman–Crippen MR) is 102 cm³/mol.